The highest BCUT2D eigenvalue weighted by Gasteiger charge is 2.38. The van der Waals surface area contributed by atoms with Crippen molar-refractivity contribution in [1.82, 2.24) is 14.8 Å². The molecule has 2 aromatic heterocycles. The van der Waals surface area contributed by atoms with Crippen molar-refractivity contribution in [3.05, 3.63) is 80.8 Å². The topological polar surface area (TPSA) is 90.9 Å². The van der Waals surface area contributed by atoms with E-state index in [9.17, 15) is 14.9 Å². The Morgan fingerprint density at radius 1 is 1.19 bits per heavy atom. The van der Waals surface area contributed by atoms with Crippen LogP contribution in [-0.2, 0) is 4.79 Å². The van der Waals surface area contributed by atoms with Gasteiger partial charge in [0.1, 0.15) is 6.04 Å². The third kappa shape index (κ3) is 2.95. The molecule has 0 unspecified atom stereocenters. The lowest BCUT2D eigenvalue weighted by Gasteiger charge is -2.29. The van der Waals surface area contributed by atoms with Crippen LogP contribution in [0.3, 0.4) is 0 Å². The molecule has 26 heavy (non-hydrogen) atoms. The van der Waals surface area contributed by atoms with Crippen LogP contribution in [-0.4, -0.2) is 25.5 Å². The summed E-state index contributed by atoms with van der Waals surface area (Å²) in [5.41, 5.74) is 1.97. The molecule has 4 rings (SSSR count). The molecule has 0 aliphatic heterocycles. The van der Waals surface area contributed by atoms with Crippen LogP contribution in [0.5, 0.6) is 0 Å². The number of carbonyl (C=O) groups is 1. The molecular weight excluding hydrogens is 352 g/mol. The van der Waals surface area contributed by atoms with Gasteiger partial charge in [-0.05, 0) is 40.0 Å². The molecule has 2 heterocycles. The van der Waals surface area contributed by atoms with Gasteiger partial charge in [0.2, 0.25) is 6.33 Å². The summed E-state index contributed by atoms with van der Waals surface area (Å²) in [5.74, 6) is -0.807. The molecular formula is C18H14N4O3S. The molecule has 7 nitrogen and oxygen atoms in total. The quantitative estimate of drug-likeness (QED) is 0.519. The van der Waals surface area contributed by atoms with Gasteiger partial charge in [-0.15, -0.1) is 11.3 Å². The van der Waals surface area contributed by atoms with Crippen LogP contribution in [0.4, 0.5) is 5.95 Å². The zero-order chi connectivity index (χ0) is 18.1. The predicted octanol–water partition coefficient (Wildman–Crippen LogP) is 3.63. The van der Waals surface area contributed by atoms with Crippen molar-refractivity contribution in [2.75, 3.05) is 0 Å². The van der Waals surface area contributed by atoms with E-state index >= 15 is 0 Å². The number of ketones is 1. The molecule has 3 aromatic rings. The third-order valence-electron chi connectivity index (χ3n) is 4.44. The van der Waals surface area contributed by atoms with Crippen LogP contribution in [0.2, 0.25) is 0 Å². The molecule has 130 valence electrons. The smallest absolute Gasteiger partial charge is 0.390 e. The molecule has 1 aliphatic carbocycles. The normalized spacial score (nSPS) is 20.0. The van der Waals surface area contributed by atoms with E-state index in [1.807, 2.05) is 47.8 Å². The number of thiophene rings is 1. The summed E-state index contributed by atoms with van der Waals surface area (Å²) in [6.07, 6.45) is 3.54. The highest BCUT2D eigenvalue weighted by Crippen LogP contribution is 2.42. The summed E-state index contributed by atoms with van der Waals surface area (Å²) in [4.78, 5) is 27.9. The van der Waals surface area contributed by atoms with Crippen molar-refractivity contribution in [3.63, 3.8) is 0 Å². The molecule has 2 atom stereocenters. The van der Waals surface area contributed by atoms with Gasteiger partial charge in [0.25, 0.3) is 0 Å². The van der Waals surface area contributed by atoms with Crippen LogP contribution in [0.1, 0.15) is 28.8 Å². The maximum Gasteiger partial charge on any atom is 0.490 e. The van der Waals surface area contributed by atoms with Gasteiger partial charge >= 0.3 is 5.95 Å². The first-order valence-electron chi connectivity index (χ1n) is 8.02. The lowest BCUT2D eigenvalue weighted by molar-refractivity contribution is -0.394. The van der Waals surface area contributed by atoms with Gasteiger partial charge < -0.3 is 10.1 Å². The largest absolute Gasteiger partial charge is 0.490 e. The van der Waals surface area contributed by atoms with E-state index < -0.39 is 16.9 Å². The first-order chi connectivity index (χ1) is 12.6. The molecule has 1 aliphatic rings. The van der Waals surface area contributed by atoms with Crippen LogP contribution in [0, 0.1) is 10.1 Å². The lowest BCUT2D eigenvalue weighted by Crippen LogP contribution is -2.29. The van der Waals surface area contributed by atoms with Crippen LogP contribution >= 0.6 is 11.3 Å². The maximum absolute atomic E-state index is 12.9. The SMILES string of the molecule is O=C1C=C(c2cccs2)C[C@H](c2ccccc2)[C@@H]1n1cnc([N+](=O)[O-])n1. The Labute approximate surface area is 152 Å². The molecule has 0 radical (unpaired) electrons. The second kappa shape index (κ2) is 6.64. The van der Waals surface area contributed by atoms with Crippen LogP contribution in [0.25, 0.3) is 5.57 Å². The number of nitrogens with zero attached hydrogens (tertiary/aromatic N) is 4. The Morgan fingerprint density at radius 2 is 2.00 bits per heavy atom. The summed E-state index contributed by atoms with van der Waals surface area (Å²) >= 11 is 1.59. The first-order valence-corrected chi connectivity index (χ1v) is 8.90. The van der Waals surface area contributed by atoms with Crippen LogP contribution in [0.15, 0.2) is 60.2 Å². The van der Waals surface area contributed by atoms with Gasteiger partial charge in [0, 0.05) is 15.9 Å². The van der Waals surface area contributed by atoms with Crippen molar-refractivity contribution < 1.29 is 9.72 Å². The highest BCUT2D eigenvalue weighted by atomic mass is 32.1. The van der Waals surface area contributed by atoms with E-state index in [4.69, 9.17) is 0 Å². The molecule has 0 fully saturated rings. The Balaban J connectivity index is 1.78. The van der Waals surface area contributed by atoms with E-state index in [2.05, 4.69) is 10.1 Å². The minimum Gasteiger partial charge on any atom is -0.390 e. The van der Waals surface area contributed by atoms with Crippen molar-refractivity contribution >= 4 is 28.6 Å². The Hall–Kier alpha value is -3.13. The van der Waals surface area contributed by atoms with Crippen molar-refractivity contribution in [3.8, 4) is 0 Å². The van der Waals surface area contributed by atoms with E-state index in [1.54, 1.807) is 17.4 Å². The van der Waals surface area contributed by atoms with E-state index in [-0.39, 0.29) is 11.7 Å². The lowest BCUT2D eigenvalue weighted by atomic mass is 9.79. The number of benzene rings is 1. The number of hydrogen-bond acceptors (Lipinski definition) is 6. The van der Waals surface area contributed by atoms with Gasteiger partial charge in [-0.3, -0.25) is 4.79 Å². The second-order valence-electron chi connectivity index (χ2n) is 6.00. The summed E-state index contributed by atoms with van der Waals surface area (Å²) in [5, 5.41) is 16.8. The molecule has 8 heteroatoms. The monoisotopic (exact) mass is 366 g/mol. The Kier molecular flexibility index (Phi) is 4.18. The highest BCUT2D eigenvalue weighted by molar-refractivity contribution is 7.11. The van der Waals surface area contributed by atoms with Crippen molar-refractivity contribution in [1.29, 1.82) is 0 Å². The van der Waals surface area contributed by atoms with Crippen LogP contribution < -0.4 is 0 Å². The third-order valence-corrected chi connectivity index (χ3v) is 5.38. The summed E-state index contributed by atoms with van der Waals surface area (Å²) in [6, 6.07) is 13.0. The fourth-order valence-corrected chi connectivity index (χ4v) is 4.05. The number of carbonyl (C=O) groups excluding carboxylic acids is 1. The van der Waals surface area contributed by atoms with E-state index in [0.717, 1.165) is 16.0 Å². The molecule has 0 saturated carbocycles. The number of aromatic nitrogens is 3. The number of rotatable bonds is 4. The van der Waals surface area contributed by atoms with Gasteiger partial charge in [-0.1, -0.05) is 41.4 Å². The number of hydrogen-bond donors (Lipinski definition) is 0. The second-order valence-corrected chi connectivity index (χ2v) is 6.94. The molecule has 1 aromatic carbocycles. The molecule has 0 saturated heterocycles. The van der Waals surface area contributed by atoms with Gasteiger partial charge in [-0.25, -0.2) is 0 Å². The maximum atomic E-state index is 12.9. The van der Waals surface area contributed by atoms with Gasteiger partial charge in [-0.2, -0.15) is 4.68 Å². The fraction of sp³-hybridized carbons (Fsp3) is 0.167. The predicted molar refractivity (Wildman–Crippen MR) is 96.8 cm³/mol. The van der Waals surface area contributed by atoms with Gasteiger partial charge in [0.05, 0.1) is 0 Å². The summed E-state index contributed by atoms with van der Waals surface area (Å²) in [6.45, 7) is 0. The average Bonchev–Trinajstić information content (AvgIpc) is 3.34. The minimum atomic E-state index is -0.658. The number of allylic oxidation sites excluding steroid dienone is 2. The molecule has 0 N–H and O–H groups in total. The molecule has 0 spiro atoms. The van der Waals surface area contributed by atoms with Crippen molar-refractivity contribution in [2.45, 2.75) is 18.4 Å². The van der Waals surface area contributed by atoms with E-state index in [0.29, 0.717) is 6.42 Å². The molecule has 0 bridgehead atoms. The zero-order valence-electron chi connectivity index (χ0n) is 13.6. The minimum absolute atomic E-state index is 0.131. The zero-order valence-corrected chi connectivity index (χ0v) is 14.4. The standard InChI is InChI=1S/C18H14N4O3S/c23-15-10-13(16-7-4-8-26-16)9-14(12-5-2-1-3-6-12)17(15)21-11-19-18(20-21)22(24)25/h1-8,10-11,14,17H,9H2/t14-,17+/m1/s1. The molecule has 0 amide bonds. The first kappa shape index (κ1) is 16.3. The Bertz CT molecular complexity index is 979. The fourth-order valence-electron chi connectivity index (χ4n) is 3.29. The summed E-state index contributed by atoms with van der Waals surface area (Å²) < 4.78 is 1.32. The Morgan fingerprint density at radius 3 is 2.65 bits per heavy atom. The number of nitro groups is 1. The average molecular weight is 366 g/mol. The summed E-state index contributed by atoms with van der Waals surface area (Å²) in [7, 11) is 0. The van der Waals surface area contributed by atoms with E-state index in [1.165, 1.54) is 11.0 Å². The van der Waals surface area contributed by atoms with Gasteiger partial charge in [0.15, 0.2) is 5.78 Å². The van der Waals surface area contributed by atoms with Crippen molar-refractivity contribution in [2.24, 2.45) is 0 Å².